The lowest BCUT2D eigenvalue weighted by Crippen LogP contribution is -2.29. The fourth-order valence-corrected chi connectivity index (χ4v) is 2.33. The van der Waals surface area contributed by atoms with Crippen molar-refractivity contribution in [2.75, 3.05) is 13.7 Å². The molecule has 0 bridgehead atoms. The van der Waals surface area contributed by atoms with Gasteiger partial charge in [-0.2, -0.15) is 0 Å². The van der Waals surface area contributed by atoms with Gasteiger partial charge in [0.2, 0.25) is 0 Å². The van der Waals surface area contributed by atoms with Crippen molar-refractivity contribution in [2.45, 2.75) is 6.10 Å². The van der Waals surface area contributed by atoms with Gasteiger partial charge in [0, 0.05) is 11.1 Å². The molecule has 0 aliphatic carbocycles. The van der Waals surface area contributed by atoms with Crippen LogP contribution in [0, 0.1) is 0 Å². The number of nitrogens with zero attached hydrogens (tertiary/aromatic N) is 2. The molecule has 6 nitrogen and oxygen atoms in total. The first kappa shape index (κ1) is 13.5. The van der Waals surface area contributed by atoms with Crippen LogP contribution in [-0.4, -0.2) is 28.9 Å². The number of hydrogen-bond acceptors (Lipinski definition) is 6. The molecular weight excluding hydrogens is 272 g/mol. The van der Waals surface area contributed by atoms with E-state index in [1.165, 1.54) is 7.11 Å². The van der Waals surface area contributed by atoms with E-state index in [4.69, 9.17) is 0 Å². The van der Waals surface area contributed by atoms with Crippen LogP contribution in [0.2, 0.25) is 0 Å². The van der Waals surface area contributed by atoms with Crippen LogP contribution >= 0.6 is 0 Å². The molecule has 3 rings (SSSR count). The van der Waals surface area contributed by atoms with Gasteiger partial charge in [-0.1, -0.05) is 18.2 Å². The first-order chi connectivity index (χ1) is 10.2. The van der Waals surface area contributed by atoms with Crippen molar-refractivity contribution in [2.24, 2.45) is 4.99 Å². The van der Waals surface area contributed by atoms with Crippen LogP contribution in [-0.2, 0) is 4.74 Å². The molecule has 1 aromatic carbocycles. The average molecular weight is 285 g/mol. The fourth-order valence-electron chi connectivity index (χ4n) is 2.33. The van der Waals surface area contributed by atoms with E-state index in [2.05, 4.69) is 14.7 Å². The minimum atomic E-state index is -1.21. The summed E-state index contributed by atoms with van der Waals surface area (Å²) in [7, 11) is 1.26. The molecule has 1 aromatic heterocycles. The van der Waals surface area contributed by atoms with Crippen molar-refractivity contribution in [3.8, 4) is 11.1 Å². The lowest BCUT2D eigenvalue weighted by molar-refractivity contribution is -0.288. The molecule has 1 aliphatic rings. The highest BCUT2D eigenvalue weighted by Gasteiger charge is 2.20. The second kappa shape index (κ2) is 5.16. The smallest absolute Gasteiger partial charge is 0.121 e. The summed E-state index contributed by atoms with van der Waals surface area (Å²) in [6.45, 7) is -0.504. The van der Waals surface area contributed by atoms with Gasteiger partial charge in [0.25, 0.3) is 0 Å². The standard InChI is InChI=1S/C15H14N2O4/c1-21-15(20)11-6-9-8-4-2-3-5-10(8)16-13(9)14(17-11)12(19)7-18/h2-6,12,18-20H,7H2,1H3/p-1. The second-order valence-electron chi connectivity index (χ2n) is 4.61. The maximum absolute atomic E-state index is 11.7. The summed E-state index contributed by atoms with van der Waals surface area (Å²) in [6, 6.07) is 9.02. The van der Waals surface area contributed by atoms with Gasteiger partial charge in [0.1, 0.15) is 6.10 Å². The van der Waals surface area contributed by atoms with Crippen molar-refractivity contribution in [1.82, 2.24) is 4.98 Å². The minimum Gasteiger partial charge on any atom is -0.615 e. The van der Waals surface area contributed by atoms with Gasteiger partial charge in [-0.05, 0) is 19.2 Å². The van der Waals surface area contributed by atoms with E-state index in [0.717, 1.165) is 11.3 Å². The number of ether oxygens (including phenoxy) is 1. The highest BCUT2D eigenvalue weighted by atomic mass is 16.6. The number of rotatable bonds is 3. The summed E-state index contributed by atoms with van der Waals surface area (Å²) >= 11 is 0. The van der Waals surface area contributed by atoms with E-state index in [0.29, 0.717) is 10.9 Å². The number of benzene rings is 1. The molecule has 6 heteroatoms. The van der Waals surface area contributed by atoms with Crippen molar-refractivity contribution in [3.05, 3.63) is 46.7 Å². The largest absolute Gasteiger partial charge is 0.615 e. The van der Waals surface area contributed by atoms with Crippen molar-refractivity contribution in [3.63, 3.8) is 0 Å². The number of hydrogen-bond donors (Lipinski definition) is 2. The average Bonchev–Trinajstić information content (AvgIpc) is 2.91. The molecule has 2 heterocycles. The molecule has 21 heavy (non-hydrogen) atoms. The van der Waals surface area contributed by atoms with Gasteiger partial charge in [-0.25, -0.2) is 9.98 Å². The summed E-state index contributed by atoms with van der Waals surface area (Å²) in [5.41, 5.74) is 2.46. The van der Waals surface area contributed by atoms with E-state index < -0.39 is 18.7 Å². The van der Waals surface area contributed by atoms with Gasteiger partial charge in [0.15, 0.2) is 0 Å². The Balaban J connectivity index is 2.38. The van der Waals surface area contributed by atoms with Crippen LogP contribution in [0.5, 0.6) is 0 Å². The number of fused-ring (bicyclic) bond motifs is 3. The minimum absolute atomic E-state index is 0.0747. The second-order valence-corrected chi connectivity index (χ2v) is 4.61. The normalized spacial score (nSPS) is 14.8. The Morgan fingerprint density at radius 3 is 2.81 bits per heavy atom. The first-order valence-electron chi connectivity index (χ1n) is 6.39. The molecule has 1 atom stereocenters. The summed E-state index contributed by atoms with van der Waals surface area (Å²) in [5, 5.41) is 31.4. The molecule has 1 unspecified atom stereocenters. The molecule has 0 saturated heterocycles. The topological polar surface area (TPSA) is 98.0 Å². The van der Waals surface area contributed by atoms with E-state index in [1.54, 1.807) is 6.07 Å². The Hall–Kier alpha value is -2.44. The van der Waals surface area contributed by atoms with Gasteiger partial charge in [0.05, 0.1) is 34.6 Å². The van der Waals surface area contributed by atoms with Crippen molar-refractivity contribution < 1.29 is 20.1 Å². The zero-order valence-electron chi connectivity index (χ0n) is 11.3. The molecular formula is C15H13N2O4-. The van der Waals surface area contributed by atoms with Gasteiger partial charge >= 0.3 is 0 Å². The maximum Gasteiger partial charge on any atom is 0.121 e. The maximum atomic E-state index is 11.7. The van der Waals surface area contributed by atoms with Gasteiger partial charge < -0.3 is 20.1 Å². The van der Waals surface area contributed by atoms with Crippen molar-refractivity contribution >= 4 is 11.6 Å². The number of aliphatic hydroxyl groups is 2. The van der Waals surface area contributed by atoms with E-state index in [1.807, 2.05) is 24.3 Å². The predicted octanol–water partition coefficient (Wildman–Crippen LogP) is -0.889. The van der Waals surface area contributed by atoms with Crippen molar-refractivity contribution in [1.29, 1.82) is 0 Å². The van der Waals surface area contributed by atoms with E-state index >= 15 is 0 Å². The summed E-state index contributed by atoms with van der Waals surface area (Å²) in [6.07, 6.45) is -1.21. The van der Waals surface area contributed by atoms with Crippen LogP contribution in [0.3, 0.4) is 0 Å². The Labute approximate surface area is 120 Å². The number of aliphatic hydroxyl groups excluding tert-OH is 2. The van der Waals surface area contributed by atoms with Gasteiger partial charge in [-0.3, -0.25) is 0 Å². The number of pyridine rings is 1. The van der Waals surface area contributed by atoms with Crippen LogP contribution in [0.1, 0.15) is 11.8 Å². The number of methoxy groups -OCH3 is 1. The highest BCUT2D eigenvalue weighted by Crippen LogP contribution is 2.32. The monoisotopic (exact) mass is 285 g/mol. The zero-order valence-corrected chi connectivity index (χ0v) is 11.3. The summed E-state index contributed by atoms with van der Waals surface area (Å²) in [4.78, 5) is 8.52. The SMILES string of the molecule is COC([O-])=c1cc2c(c(C(O)CO)n1)=Nc1ccccc1-2. The van der Waals surface area contributed by atoms with E-state index in [-0.39, 0.29) is 11.0 Å². The Morgan fingerprint density at radius 2 is 2.10 bits per heavy atom. The Morgan fingerprint density at radius 1 is 1.33 bits per heavy atom. The Bertz CT molecular complexity index is 817. The van der Waals surface area contributed by atoms with Crippen LogP contribution < -0.4 is 15.8 Å². The van der Waals surface area contributed by atoms with Crippen LogP contribution in [0.15, 0.2) is 35.3 Å². The van der Waals surface area contributed by atoms with Gasteiger partial charge in [-0.15, -0.1) is 0 Å². The summed E-state index contributed by atoms with van der Waals surface area (Å²) < 4.78 is 4.68. The first-order valence-corrected chi connectivity index (χ1v) is 6.39. The highest BCUT2D eigenvalue weighted by molar-refractivity contribution is 5.79. The molecule has 2 N–H and O–H groups in total. The third kappa shape index (κ3) is 2.14. The molecule has 1 aliphatic heterocycles. The lowest BCUT2D eigenvalue weighted by atomic mass is 10.0. The van der Waals surface area contributed by atoms with Crippen LogP contribution in [0.4, 0.5) is 5.69 Å². The molecule has 2 aromatic rings. The fraction of sp³-hybridized carbons (Fsp3) is 0.200. The number of para-hydroxylation sites is 1. The Kier molecular flexibility index (Phi) is 3.32. The molecule has 0 saturated carbocycles. The lowest BCUT2D eigenvalue weighted by Gasteiger charge is -2.12. The summed E-state index contributed by atoms with van der Waals surface area (Å²) in [5.74, 6) is -0.603. The molecule has 0 spiro atoms. The quantitative estimate of drug-likeness (QED) is 0.650. The molecule has 0 amide bonds. The predicted molar refractivity (Wildman–Crippen MR) is 72.6 cm³/mol. The van der Waals surface area contributed by atoms with E-state index in [9.17, 15) is 15.3 Å². The molecule has 0 radical (unpaired) electrons. The third-order valence-electron chi connectivity index (χ3n) is 3.33. The van der Waals surface area contributed by atoms with Crippen LogP contribution in [0.25, 0.3) is 17.1 Å². The zero-order chi connectivity index (χ0) is 15.0. The number of aromatic nitrogens is 1. The molecule has 108 valence electrons. The third-order valence-corrected chi connectivity index (χ3v) is 3.33. The molecule has 0 fully saturated rings.